The molecule has 0 bridgehead atoms. The number of aryl methyl sites for hydroxylation is 1. The quantitative estimate of drug-likeness (QED) is 0.116. The van der Waals surface area contributed by atoms with Gasteiger partial charge in [0.25, 0.3) is 11.2 Å². The van der Waals surface area contributed by atoms with Gasteiger partial charge in [0, 0.05) is 28.1 Å². The van der Waals surface area contributed by atoms with Crippen LogP contribution in [-0.2, 0) is 6.61 Å². The van der Waals surface area contributed by atoms with Crippen molar-refractivity contribution < 1.29 is 14.1 Å². The molecule has 202 valence electrons. The third kappa shape index (κ3) is 5.30. The fourth-order valence-electron chi connectivity index (χ4n) is 4.36. The van der Waals surface area contributed by atoms with Crippen LogP contribution in [0.5, 0.6) is 5.75 Å². The minimum atomic E-state index is -0.504. The van der Waals surface area contributed by atoms with Crippen LogP contribution in [0.2, 0.25) is 5.02 Å². The maximum Gasteiger partial charge on any atom is 0.282 e. The van der Waals surface area contributed by atoms with Crippen LogP contribution in [-0.4, -0.2) is 20.8 Å². The van der Waals surface area contributed by atoms with E-state index in [2.05, 4.69) is 10.1 Å². The fraction of sp³-hybridized carbons (Fsp3) is 0.0645. The number of hydrogen-bond donors (Lipinski definition) is 0. The van der Waals surface area contributed by atoms with E-state index in [0.717, 1.165) is 21.2 Å². The van der Waals surface area contributed by atoms with Gasteiger partial charge >= 0.3 is 0 Å². The molecule has 10 heteroatoms. The van der Waals surface area contributed by atoms with Crippen LogP contribution >= 0.6 is 11.6 Å². The molecule has 0 atom stereocenters. The topological polar surface area (TPSA) is 113 Å². The smallest absolute Gasteiger partial charge is 0.282 e. The van der Waals surface area contributed by atoms with Gasteiger partial charge in [-0.1, -0.05) is 53.6 Å². The molecular weight excluding hydrogens is 544 g/mol. The van der Waals surface area contributed by atoms with E-state index < -0.39 is 10.5 Å². The Labute approximate surface area is 238 Å². The van der Waals surface area contributed by atoms with Crippen LogP contribution in [0.15, 0.2) is 105 Å². The van der Waals surface area contributed by atoms with Crippen molar-refractivity contribution in [2.75, 3.05) is 0 Å². The van der Waals surface area contributed by atoms with E-state index in [-0.39, 0.29) is 18.1 Å². The summed E-state index contributed by atoms with van der Waals surface area (Å²) in [6, 6.07) is 25.9. The summed E-state index contributed by atoms with van der Waals surface area (Å²) < 4.78 is 13.1. The molecule has 2 aromatic heterocycles. The molecule has 41 heavy (non-hydrogen) atoms. The summed E-state index contributed by atoms with van der Waals surface area (Å²) in [4.78, 5) is 29.3. The lowest BCUT2D eigenvalue weighted by Crippen LogP contribution is -2.20. The van der Waals surface area contributed by atoms with E-state index in [1.54, 1.807) is 48.5 Å². The van der Waals surface area contributed by atoms with Gasteiger partial charge in [0.05, 0.1) is 22.0 Å². The zero-order valence-electron chi connectivity index (χ0n) is 21.7. The van der Waals surface area contributed by atoms with E-state index in [1.807, 2.05) is 31.2 Å². The van der Waals surface area contributed by atoms with Gasteiger partial charge in [-0.2, -0.15) is 9.78 Å². The van der Waals surface area contributed by atoms with Crippen molar-refractivity contribution in [2.45, 2.75) is 13.5 Å². The molecule has 9 nitrogen and oxygen atoms in total. The molecule has 0 N–H and O–H groups in total. The van der Waals surface area contributed by atoms with Crippen molar-refractivity contribution in [1.29, 1.82) is 0 Å². The van der Waals surface area contributed by atoms with E-state index >= 15 is 0 Å². The molecule has 0 radical (unpaired) electrons. The lowest BCUT2D eigenvalue weighted by atomic mass is 10.1. The molecule has 6 rings (SSSR count). The monoisotopic (exact) mass is 564 g/mol. The highest BCUT2D eigenvalue weighted by Crippen LogP contribution is 2.29. The SMILES string of the molecule is Cc1ccc(COc2ccc([N+](=O)[O-])cc2C=Nn2c(-c3cc4cc(Cl)ccc4o3)nc3ccccc3c2=O)cc1. The molecule has 4 aromatic carbocycles. The van der Waals surface area contributed by atoms with Crippen molar-refractivity contribution in [3.63, 3.8) is 0 Å². The molecule has 0 aliphatic rings. The first-order valence-corrected chi connectivity index (χ1v) is 13.0. The van der Waals surface area contributed by atoms with Crippen LogP contribution in [0.3, 0.4) is 0 Å². The summed E-state index contributed by atoms with van der Waals surface area (Å²) in [7, 11) is 0. The lowest BCUT2D eigenvalue weighted by molar-refractivity contribution is -0.384. The number of benzene rings is 4. The first-order chi connectivity index (χ1) is 19.9. The standard InChI is InChI=1S/C31H21ClN4O5/c1-19-6-8-20(9-7-19)18-40-27-13-11-24(36(38)39)15-22(27)17-33-35-30(34-26-5-3-2-4-25(26)31(35)37)29-16-21-14-23(32)10-12-28(21)41-29/h2-17H,18H2,1H3. The Hall–Kier alpha value is -5.28. The molecule has 0 aliphatic carbocycles. The predicted molar refractivity (Wildman–Crippen MR) is 158 cm³/mol. The van der Waals surface area contributed by atoms with Gasteiger partial charge in [-0.3, -0.25) is 14.9 Å². The van der Waals surface area contributed by atoms with Gasteiger partial charge in [0.15, 0.2) is 5.76 Å². The van der Waals surface area contributed by atoms with Crippen molar-refractivity contribution in [1.82, 2.24) is 9.66 Å². The van der Waals surface area contributed by atoms with Gasteiger partial charge in [-0.25, -0.2) is 4.98 Å². The minimum Gasteiger partial charge on any atom is -0.488 e. The predicted octanol–water partition coefficient (Wildman–Crippen LogP) is 7.14. The number of aromatic nitrogens is 2. The summed E-state index contributed by atoms with van der Waals surface area (Å²) in [6.45, 7) is 2.23. The fourth-order valence-corrected chi connectivity index (χ4v) is 4.54. The Kier molecular flexibility index (Phi) is 6.78. The Morgan fingerprint density at radius 1 is 1.05 bits per heavy atom. The van der Waals surface area contributed by atoms with Gasteiger partial charge in [0.1, 0.15) is 17.9 Å². The number of halogens is 1. The van der Waals surface area contributed by atoms with Gasteiger partial charge in [-0.05, 0) is 55.0 Å². The number of rotatable bonds is 7. The average molecular weight is 565 g/mol. The Balaban J connectivity index is 1.46. The molecule has 0 spiro atoms. The van der Waals surface area contributed by atoms with Gasteiger partial charge < -0.3 is 9.15 Å². The number of non-ortho nitro benzene ring substituents is 1. The number of nitro benzene ring substituents is 1. The number of hydrogen-bond acceptors (Lipinski definition) is 7. The summed E-state index contributed by atoms with van der Waals surface area (Å²) >= 11 is 6.15. The zero-order chi connectivity index (χ0) is 28.5. The molecule has 0 saturated carbocycles. The van der Waals surface area contributed by atoms with Crippen molar-refractivity contribution in [2.24, 2.45) is 5.10 Å². The highest BCUT2D eigenvalue weighted by molar-refractivity contribution is 6.31. The Morgan fingerprint density at radius 2 is 1.85 bits per heavy atom. The van der Waals surface area contributed by atoms with Crippen molar-refractivity contribution in [3.8, 4) is 17.3 Å². The number of para-hydroxylation sites is 1. The van der Waals surface area contributed by atoms with Crippen LogP contribution in [0.1, 0.15) is 16.7 Å². The number of nitro groups is 1. The molecule has 0 fully saturated rings. The minimum absolute atomic E-state index is 0.146. The van der Waals surface area contributed by atoms with Crippen molar-refractivity contribution in [3.05, 3.63) is 133 Å². The summed E-state index contributed by atoms with van der Waals surface area (Å²) in [5.74, 6) is 0.823. The van der Waals surface area contributed by atoms with Gasteiger partial charge in [-0.15, -0.1) is 0 Å². The van der Waals surface area contributed by atoms with E-state index in [9.17, 15) is 14.9 Å². The first kappa shape index (κ1) is 26.0. The highest BCUT2D eigenvalue weighted by atomic mass is 35.5. The molecule has 2 heterocycles. The molecule has 6 aromatic rings. The largest absolute Gasteiger partial charge is 0.488 e. The zero-order valence-corrected chi connectivity index (χ0v) is 22.4. The van der Waals surface area contributed by atoms with Crippen molar-refractivity contribution >= 4 is 45.4 Å². The summed E-state index contributed by atoms with van der Waals surface area (Å²) in [5.41, 5.74) is 2.81. The maximum atomic E-state index is 13.6. The Bertz CT molecular complexity index is 2030. The second kappa shape index (κ2) is 10.7. The molecule has 0 saturated heterocycles. The van der Waals surface area contributed by atoms with Gasteiger partial charge in [0.2, 0.25) is 5.82 Å². The van der Waals surface area contributed by atoms with Crippen LogP contribution in [0, 0.1) is 17.0 Å². The maximum absolute atomic E-state index is 13.6. The second-order valence-corrected chi connectivity index (χ2v) is 9.80. The van der Waals surface area contributed by atoms with E-state index in [0.29, 0.717) is 38.6 Å². The highest BCUT2D eigenvalue weighted by Gasteiger charge is 2.17. The Morgan fingerprint density at radius 3 is 2.66 bits per heavy atom. The van der Waals surface area contributed by atoms with Crippen LogP contribution in [0.4, 0.5) is 5.69 Å². The first-order valence-electron chi connectivity index (χ1n) is 12.6. The number of fused-ring (bicyclic) bond motifs is 2. The summed E-state index contributed by atoms with van der Waals surface area (Å²) in [5, 5.41) is 17.6. The second-order valence-electron chi connectivity index (χ2n) is 9.36. The van der Waals surface area contributed by atoms with Crippen LogP contribution in [0.25, 0.3) is 33.5 Å². The average Bonchev–Trinajstić information content (AvgIpc) is 3.39. The van der Waals surface area contributed by atoms with E-state index in [1.165, 1.54) is 24.4 Å². The molecular formula is C31H21ClN4O5. The lowest BCUT2D eigenvalue weighted by Gasteiger charge is -2.10. The van der Waals surface area contributed by atoms with Crippen LogP contribution < -0.4 is 10.3 Å². The molecule has 0 aliphatic heterocycles. The third-order valence-electron chi connectivity index (χ3n) is 6.48. The van der Waals surface area contributed by atoms with E-state index in [4.69, 9.17) is 20.8 Å². The molecule has 0 amide bonds. The number of furan rings is 1. The number of ether oxygens (including phenoxy) is 1. The number of nitrogens with zero attached hydrogens (tertiary/aromatic N) is 4. The normalized spacial score (nSPS) is 11.5. The third-order valence-corrected chi connectivity index (χ3v) is 6.72. The summed E-state index contributed by atoms with van der Waals surface area (Å²) in [6.07, 6.45) is 1.35. The molecule has 0 unspecified atom stereocenters.